The molecule has 80 valence electrons. The van der Waals surface area contributed by atoms with Crippen LogP contribution in [0.1, 0.15) is 51.9 Å². The maximum atomic E-state index is 10.0. The largest absolute Gasteiger partial charge is 0.303 e. The fraction of sp³-hybridized carbons (Fsp3) is 0.615. The minimum absolute atomic E-state index is 0.685. The zero-order valence-electron chi connectivity index (χ0n) is 9.24. The number of hydrogen-bond donors (Lipinski definition) is 0. The molecule has 0 unspecified atom stereocenters. The first-order chi connectivity index (χ1) is 6.91. The van der Waals surface area contributed by atoms with Crippen LogP contribution in [-0.4, -0.2) is 6.29 Å². The average molecular weight is 194 g/mol. The van der Waals surface area contributed by atoms with Crippen LogP contribution in [0.15, 0.2) is 24.3 Å². The minimum Gasteiger partial charge on any atom is -0.303 e. The van der Waals surface area contributed by atoms with Crippen molar-refractivity contribution in [3.05, 3.63) is 24.3 Å². The maximum Gasteiger partial charge on any atom is 0.120 e. The second-order valence-corrected chi connectivity index (χ2v) is 3.45. The van der Waals surface area contributed by atoms with Gasteiger partial charge in [-0.3, -0.25) is 0 Å². The highest BCUT2D eigenvalue weighted by Gasteiger charge is 1.81. The molecule has 0 aliphatic carbocycles. The predicted molar refractivity (Wildman–Crippen MR) is 62.3 cm³/mol. The van der Waals surface area contributed by atoms with Gasteiger partial charge in [0.25, 0.3) is 0 Å². The van der Waals surface area contributed by atoms with Crippen LogP contribution in [0.3, 0.4) is 0 Å². The van der Waals surface area contributed by atoms with Crippen LogP contribution >= 0.6 is 0 Å². The van der Waals surface area contributed by atoms with Crippen LogP contribution in [0, 0.1) is 0 Å². The molecule has 0 spiro atoms. The molecule has 0 aromatic carbocycles. The molecule has 1 nitrogen and oxygen atoms in total. The Bertz CT molecular complexity index is 168. The zero-order chi connectivity index (χ0) is 10.5. The Kier molecular flexibility index (Phi) is 11.4. The van der Waals surface area contributed by atoms with Crippen molar-refractivity contribution >= 4 is 6.29 Å². The molecule has 0 bridgehead atoms. The molecule has 0 heterocycles. The van der Waals surface area contributed by atoms with Gasteiger partial charge in [-0.1, -0.05) is 44.1 Å². The number of carbonyl (C=O) groups excluding carboxylic acids is 1. The van der Waals surface area contributed by atoms with E-state index in [2.05, 4.69) is 31.2 Å². The summed E-state index contributed by atoms with van der Waals surface area (Å²) in [4.78, 5) is 10.0. The fourth-order valence-electron chi connectivity index (χ4n) is 1.18. The number of rotatable bonds is 9. The van der Waals surface area contributed by atoms with E-state index in [9.17, 15) is 4.79 Å². The van der Waals surface area contributed by atoms with E-state index >= 15 is 0 Å². The molecular formula is C13H22O. The summed E-state index contributed by atoms with van der Waals surface area (Å²) in [6, 6.07) is 0. The monoisotopic (exact) mass is 194 g/mol. The quantitative estimate of drug-likeness (QED) is 0.307. The van der Waals surface area contributed by atoms with Gasteiger partial charge in [0, 0.05) is 6.42 Å². The first kappa shape index (κ1) is 13.2. The van der Waals surface area contributed by atoms with Gasteiger partial charge in [0.15, 0.2) is 0 Å². The Morgan fingerprint density at radius 3 is 2.07 bits per heavy atom. The molecule has 0 N–H and O–H groups in total. The second-order valence-electron chi connectivity index (χ2n) is 3.45. The normalized spacial score (nSPS) is 11.5. The third-order valence-electron chi connectivity index (χ3n) is 2.05. The molecule has 0 aliphatic rings. The summed E-state index contributed by atoms with van der Waals surface area (Å²) in [5.74, 6) is 0. The van der Waals surface area contributed by atoms with Gasteiger partial charge < -0.3 is 4.79 Å². The Hall–Kier alpha value is -0.850. The molecule has 0 amide bonds. The third-order valence-corrected chi connectivity index (χ3v) is 2.05. The van der Waals surface area contributed by atoms with E-state index in [0.717, 1.165) is 19.1 Å². The number of hydrogen-bond acceptors (Lipinski definition) is 1. The van der Waals surface area contributed by atoms with Crippen LogP contribution in [0.2, 0.25) is 0 Å². The summed E-state index contributed by atoms with van der Waals surface area (Å²) >= 11 is 0. The SMILES string of the molecule is CCCCC/C=C\C=C/CCCC=O. The van der Waals surface area contributed by atoms with Gasteiger partial charge in [-0.15, -0.1) is 0 Å². The molecule has 0 aromatic rings. The van der Waals surface area contributed by atoms with Crippen LogP contribution in [0.25, 0.3) is 0 Å². The molecular weight excluding hydrogens is 172 g/mol. The molecule has 14 heavy (non-hydrogen) atoms. The van der Waals surface area contributed by atoms with Gasteiger partial charge in [0.05, 0.1) is 0 Å². The molecule has 0 aliphatic heterocycles. The van der Waals surface area contributed by atoms with E-state index in [1.54, 1.807) is 0 Å². The fourth-order valence-corrected chi connectivity index (χ4v) is 1.18. The smallest absolute Gasteiger partial charge is 0.120 e. The maximum absolute atomic E-state index is 10.0. The molecule has 0 rings (SSSR count). The lowest BCUT2D eigenvalue weighted by Crippen LogP contribution is -1.73. The standard InChI is InChI=1S/C13H22O/c1-2-3-4-5-6-7-8-9-10-11-12-13-14/h6-9,13H,2-5,10-12H2,1H3/b7-6-,9-8-. The zero-order valence-corrected chi connectivity index (χ0v) is 9.24. The summed E-state index contributed by atoms with van der Waals surface area (Å²) in [5.41, 5.74) is 0. The first-order valence-corrected chi connectivity index (χ1v) is 5.67. The van der Waals surface area contributed by atoms with Crippen molar-refractivity contribution in [2.45, 2.75) is 51.9 Å². The summed E-state index contributed by atoms with van der Waals surface area (Å²) in [6.07, 6.45) is 17.3. The van der Waals surface area contributed by atoms with Gasteiger partial charge in [-0.2, -0.15) is 0 Å². The molecule has 0 fully saturated rings. The number of aldehydes is 1. The van der Waals surface area contributed by atoms with Crippen molar-refractivity contribution in [2.24, 2.45) is 0 Å². The third kappa shape index (κ3) is 11.2. The molecule has 0 saturated carbocycles. The van der Waals surface area contributed by atoms with Crippen molar-refractivity contribution in [3.8, 4) is 0 Å². The van der Waals surface area contributed by atoms with Gasteiger partial charge >= 0.3 is 0 Å². The molecule has 0 radical (unpaired) electrons. The van der Waals surface area contributed by atoms with E-state index in [-0.39, 0.29) is 0 Å². The average Bonchev–Trinajstić information content (AvgIpc) is 2.21. The van der Waals surface area contributed by atoms with Crippen LogP contribution in [0.5, 0.6) is 0 Å². The summed E-state index contributed by atoms with van der Waals surface area (Å²) in [7, 11) is 0. The summed E-state index contributed by atoms with van der Waals surface area (Å²) in [5, 5.41) is 0. The van der Waals surface area contributed by atoms with E-state index in [4.69, 9.17) is 0 Å². The lowest BCUT2D eigenvalue weighted by molar-refractivity contribution is -0.107. The van der Waals surface area contributed by atoms with Crippen LogP contribution in [-0.2, 0) is 4.79 Å². The summed E-state index contributed by atoms with van der Waals surface area (Å²) in [6.45, 7) is 2.22. The van der Waals surface area contributed by atoms with Crippen molar-refractivity contribution in [1.82, 2.24) is 0 Å². The molecule has 0 atom stereocenters. The molecule has 0 saturated heterocycles. The second kappa shape index (κ2) is 12.2. The molecule has 1 heteroatoms. The number of unbranched alkanes of at least 4 members (excludes halogenated alkanes) is 5. The Labute approximate surface area is 87.9 Å². The highest BCUT2D eigenvalue weighted by Crippen LogP contribution is 2.00. The Balaban J connectivity index is 3.19. The van der Waals surface area contributed by atoms with Crippen LogP contribution in [0.4, 0.5) is 0 Å². The first-order valence-electron chi connectivity index (χ1n) is 5.67. The van der Waals surface area contributed by atoms with Crippen molar-refractivity contribution in [1.29, 1.82) is 0 Å². The lowest BCUT2D eigenvalue weighted by atomic mass is 10.2. The molecule has 0 aromatic heterocycles. The van der Waals surface area contributed by atoms with Crippen molar-refractivity contribution in [3.63, 3.8) is 0 Å². The Morgan fingerprint density at radius 1 is 0.857 bits per heavy atom. The number of carbonyl (C=O) groups is 1. The van der Waals surface area contributed by atoms with Gasteiger partial charge in [-0.25, -0.2) is 0 Å². The number of allylic oxidation sites excluding steroid dienone is 4. The van der Waals surface area contributed by atoms with Gasteiger partial charge in [0.2, 0.25) is 0 Å². The van der Waals surface area contributed by atoms with Crippen LogP contribution < -0.4 is 0 Å². The highest BCUT2D eigenvalue weighted by molar-refractivity contribution is 5.49. The van der Waals surface area contributed by atoms with Gasteiger partial charge in [0.1, 0.15) is 6.29 Å². The summed E-state index contributed by atoms with van der Waals surface area (Å²) < 4.78 is 0. The topological polar surface area (TPSA) is 17.1 Å². The van der Waals surface area contributed by atoms with Crippen molar-refractivity contribution < 1.29 is 4.79 Å². The Morgan fingerprint density at radius 2 is 1.50 bits per heavy atom. The van der Waals surface area contributed by atoms with E-state index in [1.165, 1.54) is 25.7 Å². The highest BCUT2D eigenvalue weighted by atomic mass is 16.1. The van der Waals surface area contributed by atoms with Crippen molar-refractivity contribution in [2.75, 3.05) is 0 Å². The lowest BCUT2D eigenvalue weighted by Gasteiger charge is -1.90. The van der Waals surface area contributed by atoms with E-state index < -0.39 is 0 Å². The predicted octanol–water partition coefficient (Wildman–Crippen LogP) is 4.05. The van der Waals surface area contributed by atoms with E-state index in [0.29, 0.717) is 6.42 Å². The minimum atomic E-state index is 0.685. The van der Waals surface area contributed by atoms with E-state index in [1.807, 2.05) is 0 Å². The van der Waals surface area contributed by atoms with Gasteiger partial charge in [-0.05, 0) is 25.7 Å².